The molecule has 1 aromatic rings. The molecule has 0 bridgehead atoms. The van der Waals surface area contributed by atoms with E-state index in [0.717, 1.165) is 38.0 Å². The summed E-state index contributed by atoms with van der Waals surface area (Å²) in [5, 5.41) is 8.16. The van der Waals surface area contributed by atoms with Crippen molar-refractivity contribution < 1.29 is 0 Å². The average molecular weight is 231 g/mol. The summed E-state index contributed by atoms with van der Waals surface area (Å²) in [5.41, 5.74) is 1.04. The van der Waals surface area contributed by atoms with Gasteiger partial charge in [-0.25, -0.2) is 0 Å². The Balaban J connectivity index is 2.26. The minimum atomic E-state index is 0.688. The summed E-state index contributed by atoms with van der Waals surface area (Å²) in [6.07, 6.45) is 5.02. The van der Waals surface area contributed by atoms with Crippen molar-refractivity contribution in [1.82, 2.24) is 19.9 Å². The number of hydrogen-bond acceptors (Lipinski definition) is 3. The van der Waals surface area contributed by atoms with Crippen LogP contribution in [0.3, 0.4) is 0 Å². The van der Waals surface area contributed by atoms with E-state index in [9.17, 15) is 0 Å². The molecule has 0 aliphatic heterocycles. The van der Waals surface area contributed by atoms with Crippen molar-refractivity contribution in [1.29, 1.82) is 0 Å². The maximum absolute atomic E-state index is 5.62. The Morgan fingerprint density at radius 1 is 1.40 bits per heavy atom. The van der Waals surface area contributed by atoms with Gasteiger partial charge < -0.3 is 4.90 Å². The fourth-order valence-corrected chi connectivity index (χ4v) is 1.49. The number of aryl methyl sites for hydroxylation is 2. The van der Waals surface area contributed by atoms with Crippen molar-refractivity contribution in [3.8, 4) is 0 Å². The fraction of sp³-hybridized carbons (Fsp3) is 0.800. The van der Waals surface area contributed by atoms with E-state index in [1.54, 1.807) is 0 Å². The van der Waals surface area contributed by atoms with Gasteiger partial charge in [0.25, 0.3) is 0 Å². The largest absolute Gasteiger partial charge is 0.309 e. The lowest BCUT2D eigenvalue weighted by Crippen LogP contribution is -2.15. The van der Waals surface area contributed by atoms with Crippen molar-refractivity contribution in [3.63, 3.8) is 0 Å². The normalized spacial score (nSPS) is 11.2. The first-order valence-corrected chi connectivity index (χ1v) is 5.85. The molecule has 0 aliphatic rings. The number of halogens is 1. The van der Waals surface area contributed by atoms with Crippen LogP contribution in [0.2, 0.25) is 0 Å². The van der Waals surface area contributed by atoms with Gasteiger partial charge in [-0.2, -0.15) is 0 Å². The molecule has 5 heteroatoms. The van der Waals surface area contributed by atoms with E-state index in [4.69, 9.17) is 11.6 Å². The van der Waals surface area contributed by atoms with E-state index >= 15 is 0 Å². The lowest BCUT2D eigenvalue weighted by Gasteiger charge is -2.08. The highest BCUT2D eigenvalue weighted by atomic mass is 35.5. The summed E-state index contributed by atoms with van der Waals surface area (Å²) in [4.78, 5) is 2.17. The van der Waals surface area contributed by atoms with E-state index in [1.807, 2.05) is 10.9 Å². The summed E-state index contributed by atoms with van der Waals surface area (Å²) >= 11 is 5.62. The van der Waals surface area contributed by atoms with E-state index in [0.29, 0.717) is 5.88 Å². The molecule has 1 aromatic heterocycles. The summed E-state index contributed by atoms with van der Waals surface area (Å²) in [7, 11) is 4.15. The van der Waals surface area contributed by atoms with Crippen LogP contribution in [0.25, 0.3) is 0 Å². The van der Waals surface area contributed by atoms with Crippen molar-refractivity contribution >= 4 is 11.6 Å². The van der Waals surface area contributed by atoms with Crippen LogP contribution in [0.5, 0.6) is 0 Å². The van der Waals surface area contributed by atoms with Gasteiger partial charge in [0.15, 0.2) is 0 Å². The van der Waals surface area contributed by atoms with Crippen molar-refractivity contribution in [2.45, 2.75) is 25.8 Å². The molecular weight excluding hydrogens is 212 g/mol. The Morgan fingerprint density at radius 3 is 2.87 bits per heavy atom. The quantitative estimate of drug-likeness (QED) is 0.665. The van der Waals surface area contributed by atoms with Crippen LogP contribution in [0, 0.1) is 0 Å². The molecule has 4 nitrogen and oxygen atoms in total. The van der Waals surface area contributed by atoms with E-state index in [2.05, 4.69) is 29.3 Å². The third kappa shape index (κ3) is 5.14. The van der Waals surface area contributed by atoms with Gasteiger partial charge in [0.2, 0.25) is 0 Å². The molecule has 0 unspecified atom stereocenters. The zero-order valence-electron chi connectivity index (χ0n) is 9.49. The van der Waals surface area contributed by atoms with E-state index in [1.165, 1.54) is 0 Å². The zero-order chi connectivity index (χ0) is 11.1. The summed E-state index contributed by atoms with van der Waals surface area (Å²) in [6, 6.07) is 0. The third-order valence-electron chi connectivity index (χ3n) is 2.15. The average Bonchev–Trinajstić information content (AvgIpc) is 2.62. The van der Waals surface area contributed by atoms with Crippen LogP contribution < -0.4 is 0 Å². The number of aromatic nitrogens is 3. The first-order chi connectivity index (χ1) is 7.22. The second-order valence-corrected chi connectivity index (χ2v) is 4.30. The summed E-state index contributed by atoms with van der Waals surface area (Å²) in [5.74, 6) is 0.688. The molecule has 0 aromatic carbocycles. The lowest BCUT2D eigenvalue weighted by atomic mass is 10.3. The molecule has 0 spiro atoms. The maximum atomic E-state index is 5.62. The Labute approximate surface area is 96.2 Å². The van der Waals surface area contributed by atoms with Crippen LogP contribution in [-0.2, 0) is 13.0 Å². The third-order valence-corrected chi connectivity index (χ3v) is 2.41. The SMILES string of the molecule is CN(C)CCCn1cc(CCCCl)nn1. The van der Waals surface area contributed by atoms with Gasteiger partial charge >= 0.3 is 0 Å². The lowest BCUT2D eigenvalue weighted by molar-refractivity contribution is 0.379. The highest BCUT2D eigenvalue weighted by Crippen LogP contribution is 2.00. The molecule has 15 heavy (non-hydrogen) atoms. The van der Waals surface area contributed by atoms with Gasteiger partial charge in [0, 0.05) is 18.6 Å². The molecule has 86 valence electrons. The monoisotopic (exact) mass is 230 g/mol. The Hall–Kier alpha value is -0.610. The summed E-state index contributed by atoms with van der Waals surface area (Å²) < 4.78 is 1.91. The van der Waals surface area contributed by atoms with Crippen molar-refractivity contribution in [2.75, 3.05) is 26.5 Å². The smallest absolute Gasteiger partial charge is 0.0827 e. The topological polar surface area (TPSA) is 34.0 Å². The van der Waals surface area contributed by atoms with E-state index in [-0.39, 0.29) is 0 Å². The Kier molecular flexibility index (Phi) is 5.65. The van der Waals surface area contributed by atoms with Crippen LogP contribution in [0.1, 0.15) is 18.5 Å². The predicted molar refractivity (Wildman–Crippen MR) is 62.2 cm³/mol. The zero-order valence-corrected chi connectivity index (χ0v) is 10.2. The molecule has 0 N–H and O–H groups in total. The fourth-order valence-electron chi connectivity index (χ4n) is 1.36. The number of nitrogens with zero attached hydrogens (tertiary/aromatic N) is 4. The molecule has 1 heterocycles. The Morgan fingerprint density at radius 2 is 2.20 bits per heavy atom. The molecular formula is C10H19ClN4. The van der Waals surface area contributed by atoms with Crippen molar-refractivity contribution in [2.24, 2.45) is 0 Å². The van der Waals surface area contributed by atoms with Crippen LogP contribution in [0.15, 0.2) is 6.20 Å². The highest BCUT2D eigenvalue weighted by molar-refractivity contribution is 6.17. The maximum Gasteiger partial charge on any atom is 0.0827 e. The van der Waals surface area contributed by atoms with Crippen LogP contribution in [0.4, 0.5) is 0 Å². The number of rotatable bonds is 7. The molecule has 0 radical (unpaired) electrons. The molecule has 0 fully saturated rings. The molecule has 1 rings (SSSR count). The summed E-state index contributed by atoms with van der Waals surface area (Å²) in [6.45, 7) is 2.02. The first-order valence-electron chi connectivity index (χ1n) is 5.32. The molecule has 0 saturated heterocycles. The van der Waals surface area contributed by atoms with Crippen LogP contribution in [-0.4, -0.2) is 46.4 Å². The minimum absolute atomic E-state index is 0.688. The molecule has 0 saturated carbocycles. The van der Waals surface area contributed by atoms with Gasteiger partial charge in [-0.15, -0.1) is 16.7 Å². The Bertz CT molecular complexity index is 272. The van der Waals surface area contributed by atoms with Gasteiger partial charge in [-0.3, -0.25) is 4.68 Å². The molecule has 0 aliphatic carbocycles. The minimum Gasteiger partial charge on any atom is -0.309 e. The van der Waals surface area contributed by atoms with Gasteiger partial charge in [-0.1, -0.05) is 5.21 Å². The predicted octanol–water partition coefficient (Wildman–Crippen LogP) is 1.40. The molecule has 0 atom stereocenters. The van der Waals surface area contributed by atoms with Gasteiger partial charge in [0.1, 0.15) is 0 Å². The first kappa shape index (κ1) is 12.5. The number of alkyl halides is 1. The molecule has 0 amide bonds. The number of hydrogen-bond donors (Lipinski definition) is 0. The van der Waals surface area contributed by atoms with Crippen molar-refractivity contribution in [3.05, 3.63) is 11.9 Å². The van der Waals surface area contributed by atoms with Gasteiger partial charge in [0.05, 0.1) is 5.69 Å². The van der Waals surface area contributed by atoms with Crippen LogP contribution >= 0.6 is 11.6 Å². The standard InChI is InChI=1S/C10H19ClN4/c1-14(2)7-4-8-15-9-10(12-13-15)5-3-6-11/h9H,3-8H2,1-2H3. The van der Waals surface area contributed by atoms with Gasteiger partial charge in [-0.05, 0) is 39.9 Å². The van der Waals surface area contributed by atoms with E-state index < -0.39 is 0 Å². The second kappa shape index (κ2) is 6.80. The highest BCUT2D eigenvalue weighted by Gasteiger charge is 2.00. The second-order valence-electron chi connectivity index (χ2n) is 3.92.